The highest BCUT2D eigenvalue weighted by Crippen LogP contribution is 2.20. The van der Waals surface area contributed by atoms with Gasteiger partial charge in [-0.2, -0.15) is 14.6 Å². The van der Waals surface area contributed by atoms with Gasteiger partial charge in [0.1, 0.15) is 17.4 Å². The molecule has 3 rings (SSSR count). The molecule has 0 radical (unpaired) electrons. The number of ether oxygens (including phenoxy) is 1. The summed E-state index contributed by atoms with van der Waals surface area (Å²) in [7, 11) is 0. The number of esters is 1. The van der Waals surface area contributed by atoms with Gasteiger partial charge in [-0.15, -0.1) is 0 Å². The number of carbonyl (C=O) groups is 2. The van der Waals surface area contributed by atoms with Crippen molar-refractivity contribution in [2.45, 2.75) is 12.1 Å². The van der Waals surface area contributed by atoms with Crippen LogP contribution < -0.4 is 10.1 Å². The highest BCUT2D eigenvalue weighted by Gasteiger charge is 2.13. The molecule has 0 aliphatic carbocycles. The zero-order valence-corrected chi connectivity index (χ0v) is 17.7. The fourth-order valence-electron chi connectivity index (χ4n) is 2.31. The maximum absolute atomic E-state index is 12.3. The number of benzene rings is 2. The number of aromatic nitrogens is 2. The summed E-state index contributed by atoms with van der Waals surface area (Å²) in [6.07, 6.45) is 3.27. The Kier molecular flexibility index (Phi) is 6.95. The van der Waals surface area contributed by atoms with E-state index in [0.29, 0.717) is 27.2 Å². The Balaban J connectivity index is 1.67. The summed E-state index contributed by atoms with van der Waals surface area (Å²) in [4.78, 5) is 28.6. The Labute approximate surface area is 181 Å². The van der Waals surface area contributed by atoms with Gasteiger partial charge in [0.2, 0.25) is 10.3 Å². The molecule has 0 unspecified atom stereocenters. The molecule has 0 atom stereocenters. The Morgan fingerprint density at radius 2 is 1.87 bits per heavy atom. The van der Waals surface area contributed by atoms with Crippen LogP contribution in [0.15, 0.2) is 59.3 Å². The Bertz CT molecular complexity index is 1130. The predicted molar refractivity (Wildman–Crippen MR) is 116 cm³/mol. The highest BCUT2D eigenvalue weighted by atomic mass is 32.2. The normalized spacial score (nSPS) is 10.9. The zero-order chi connectivity index (χ0) is 21.5. The average molecular weight is 437 g/mol. The molecule has 0 aliphatic rings. The third kappa shape index (κ3) is 5.53. The van der Waals surface area contributed by atoms with Crippen LogP contribution in [0.25, 0.3) is 6.08 Å². The average Bonchev–Trinajstić information content (AvgIpc) is 3.21. The summed E-state index contributed by atoms with van der Waals surface area (Å²) < 4.78 is 9.40. The lowest BCUT2D eigenvalue weighted by Gasteiger charge is -2.05. The zero-order valence-electron chi connectivity index (χ0n) is 16.1. The number of hydrogen-bond acceptors (Lipinski definition) is 8. The van der Waals surface area contributed by atoms with E-state index in [4.69, 9.17) is 4.74 Å². The molecule has 0 bridgehead atoms. The van der Waals surface area contributed by atoms with Crippen LogP contribution in [-0.2, 0) is 4.79 Å². The van der Waals surface area contributed by atoms with E-state index < -0.39 is 11.9 Å². The van der Waals surface area contributed by atoms with E-state index >= 15 is 0 Å². The number of nitrogens with zero attached hydrogens (tertiary/aromatic N) is 3. The van der Waals surface area contributed by atoms with Crippen LogP contribution >= 0.6 is 23.3 Å². The van der Waals surface area contributed by atoms with Crippen LogP contribution in [0.2, 0.25) is 0 Å². The summed E-state index contributed by atoms with van der Waals surface area (Å²) in [6.45, 7) is 1.94. The minimum absolute atomic E-state index is 0.0831. The first-order valence-electron chi connectivity index (χ1n) is 8.68. The summed E-state index contributed by atoms with van der Waals surface area (Å²) in [5.74, 6) is -0.674. The first-order valence-corrected chi connectivity index (χ1v) is 10.7. The van der Waals surface area contributed by atoms with Gasteiger partial charge in [0, 0.05) is 11.5 Å². The van der Waals surface area contributed by atoms with Crippen LogP contribution in [0, 0.1) is 18.3 Å². The molecule has 0 saturated carbocycles. The van der Waals surface area contributed by atoms with Crippen LogP contribution in [0.5, 0.6) is 5.75 Å². The molecule has 2 aromatic carbocycles. The number of hydrogen-bond donors (Lipinski definition) is 1. The fourth-order valence-corrected chi connectivity index (χ4v) is 3.43. The van der Waals surface area contributed by atoms with E-state index in [2.05, 4.69) is 14.7 Å². The molecular weight excluding hydrogens is 420 g/mol. The third-order valence-corrected chi connectivity index (χ3v) is 5.16. The molecular formula is C21H16N4O3S2. The third-order valence-electron chi connectivity index (χ3n) is 3.86. The molecule has 7 nitrogen and oxygen atoms in total. The number of aryl methyl sites for hydroxylation is 1. The first kappa shape index (κ1) is 21.2. The van der Waals surface area contributed by atoms with Crippen molar-refractivity contribution in [3.05, 3.63) is 70.8 Å². The maximum Gasteiger partial charge on any atom is 0.343 e. The molecule has 3 aromatic rings. The molecule has 9 heteroatoms. The Morgan fingerprint density at radius 3 is 2.47 bits per heavy atom. The van der Waals surface area contributed by atoms with Crippen molar-refractivity contribution < 1.29 is 14.3 Å². The molecule has 1 amide bonds. The topological polar surface area (TPSA) is 105 Å². The number of amides is 1. The van der Waals surface area contributed by atoms with E-state index in [0.717, 1.165) is 17.1 Å². The van der Waals surface area contributed by atoms with Gasteiger partial charge in [-0.3, -0.25) is 10.1 Å². The van der Waals surface area contributed by atoms with Crippen molar-refractivity contribution in [3.63, 3.8) is 0 Å². The molecule has 0 aliphatic heterocycles. The number of nitriles is 1. The molecule has 150 valence electrons. The van der Waals surface area contributed by atoms with Crippen LogP contribution in [0.3, 0.4) is 0 Å². The van der Waals surface area contributed by atoms with Crippen molar-refractivity contribution >= 4 is 46.4 Å². The van der Waals surface area contributed by atoms with Crippen molar-refractivity contribution in [2.75, 3.05) is 11.6 Å². The van der Waals surface area contributed by atoms with Gasteiger partial charge < -0.3 is 4.74 Å². The van der Waals surface area contributed by atoms with Crippen molar-refractivity contribution in [3.8, 4) is 11.8 Å². The van der Waals surface area contributed by atoms with E-state index in [9.17, 15) is 14.9 Å². The smallest absolute Gasteiger partial charge is 0.343 e. The predicted octanol–water partition coefficient (Wildman–Crippen LogP) is 4.33. The SMILES string of the molecule is CSc1nsc(NC(=O)/C(C#N)=C\c2ccc(OC(=O)c3ccc(C)cc3)cc2)n1. The van der Waals surface area contributed by atoms with Crippen molar-refractivity contribution in [1.82, 2.24) is 9.36 Å². The summed E-state index contributed by atoms with van der Waals surface area (Å²) in [5.41, 5.74) is 2.03. The van der Waals surface area contributed by atoms with E-state index in [1.54, 1.807) is 36.4 Å². The van der Waals surface area contributed by atoms with Gasteiger partial charge >= 0.3 is 5.97 Å². The monoisotopic (exact) mass is 436 g/mol. The van der Waals surface area contributed by atoms with Crippen molar-refractivity contribution in [2.24, 2.45) is 0 Å². The fraction of sp³-hybridized carbons (Fsp3) is 0.0952. The number of carbonyl (C=O) groups excluding carboxylic acids is 2. The lowest BCUT2D eigenvalue weighted by Crippen LogP contribution is -2.13. The second-order valence-electron chi connectivity index (χ2n) is 6.03. The maximum atomic E-state index is 12.3. The lowest BCUT2D eigenvalue weighted by molar-refractivity contribution is -0.112. The minimum Gasteiger partial charge on any atom is -0.423 e. The molecule has 1 N–H and O–H groups in total. The molecule has 0 fully saturated rings. The minimum atomic E-state index is -0.573. The second kappa shape index (κ2) is 9.82. The van der Waals surface area contributed by atoms with E-state index in [-0.39, 0.29) is 5.57 Å². The largest absolute Gasteiger partial charge is 0.423 e. The molecule has 0 spiro atoms. The Hall–Kier alpha value is -3.48. The number of nitrogens with one attached hydrogen (secondary N) is 1. The van der Waals surface area contributed by atoms with Crippen LogP contribution in [0.1, 0.15) is 21.5 Å². The van der Waals surface area contributed by atoms with Gasteiger partial charge in [-0.25, -0.2) is 4.79 Å². The second-order valence-corrected chi connectivity index (χ2v) is 7.56. The molecule has 30 heavy (non-hydrogen) atoms. The van der Waals surface area contributed by atoms with Crippen LogP contribution in [-0.4, -0.2) is 27.5 Å². The summed E-state index contributed by atoms with van der Waals surface area (Å²) >= 11 is 2.40. The highest BCUT2D eigenvalue weighted by molar-refractivity contribution is 7.98. The quantitative estimate of drug-likeness (QED) is 0.201. The number of thioether (sulfide) groups is 1. The molecule has 1 heterocycles. The standard InChI is InChI=1S/C21H16N4O3S2/c1-13-3-7-15(8-4-13)19(27)28-17-9-5-14(6-10-17)11-16(12-22)18(26)23-20-24-21(29-2)25-30-20/h3-11H,1-2H3,(H,23,24,25,26)/b16-11-. The number of rotatable bonds is 6. The van der Waals surface area contributed by atoms with Gasteiger partial charge in [0.15, 0.2) is 0 Å². The van der Waals surface area contributed by atoms with Gasteiger partial charge in [0.05, 0.1) is 5.56 Å². The number of anilines is 1. The molecule has 0 saturated heterocycles. The van der Waals surface area contributed by atoms with Crippen LogP contribution in [0.4, 0.5) is 5.13 Å². The molecule has 1 aromatic heterocycles. The first-order chi connectivity index (χ1) is 14.5. The summed E-state index contributed by atoms with van der Waals surface area (Å²) in [5, 5.41) is 12.8. The van der Waals surface area contributed by atoms with Crippen molar-refractivity contribution in [1.29, 1.82) is 5.26 Å². The van der Waals surface area contributed by atoms with Gasteiger partial charge in [-0.1, -0.05) is 41.6 Å². The van der Waals surface area contributed by atoms with Gasteiger partial charge in [-0.05, 0) is 49.1 Å². The van der Waals surface area contributed by atoms with E-state index in [1.165, 1.54) is 17.8 Å². The summed E-state index contributed by atoms with van der Waals surface area (Å²) in [6, 6.07) is 15.5. The van der Waals surface area contributed by atoms with E-state index in [1.807, 2.05) is 31.4 Å². The lowest BCUT2D eigenvalue weighted by atomic mass is 10.1. The van der Waals surface area contributed by atoms with Gasteiger partial charge in [0.25, 0.3) is 5.91 Å². The Morgan fingerprint density at radius 1 is 1.17 bits per heavy atom.